The predicted octanol–water partition coefficient (Wildman–Crippen LogP) is 3.32. The second-order valence-corrected chi connectivity index (χ2v) is 6.94. The van der Waals surface area contributed by atoms with Gasteiger partial charge in [0.1, 0.15) is 5.82 Å². The van der Waals surface area contributed by atoms with E-state index in [0.717, 1.165) is 12.4 Å². The van der Waals surface area contributed by atoms with Gasteiger partial charge in [0.15, 0.2) is 5.76 Å². The summed E-state index contributed by atoms with van der Waals surface area (Å²) in [5, 5.41) is 4.66. The van der Waals surface area contributed by atoms with Crippen molar-refractivity contribution in [3.8, 4) is 11.6 Å². The molecule has 6 heteroatoms. The Morgan fingerprint density at radius 2 is 1.88 bits per heavy atom. The molecule has 0 saturated heterocycles. The summed E-state index contributed by atoms with van der Waals surface area (Å²) >= 11 is 0. The smallest absolute Gasteiger partial charge is 0.217 e. The summed E-state index contributed by atoms with van der Waals surface area (Å²) in [7, 11) is 2.08. The first kappa shape index (κ1) is 16.4. The predicted molar refractivity (Wildman–Crippen MR) is 92.1 cm³/mol. The number of furan rings is 1. The van der Waals surface area contributed by atoms with Crippen molar-refractivity contribution in [3.05, 3.63) is 54.3 Å². The van der Waals surface area contributed by atoms with E-state index in [9.17, 15) is 0 Å². The van der Waals surface area contributed by atoms with E-state index in [1.807, 2.05) is 41.3 Å². The van der Waals surface area contributed by atoms with Crippen LogP contribution < -0.4 is 0 Å². The second kappa shape index (κ2) is 6.57. The quantitative estimate of drug-likeness (QED) is 0.720. The van der Waals surface area contributed by atoms with Crippen LogP contribution in [-0.2, 0) is 18.6 Å². The highest BCUT2D eigenvalue weighted by molar-refractivity contribution is 5.45. The van der Waals surface area contributed by atoms with Crippen LogP contribution in [0.1, 0.15) is 32.2 Å². The van der Waals surface area contributed by atoms with Gasteiger partial charge in [0.2, 0.25) is 5.82 Å². The molecule has 0 radical (unpaired) electrons. The highest BCUT2D eigenvalue weighted by Crippen LogP contribution is 2.22. The molecular weight excluding hydrogens is 302 g/mol. The average Bonchev–Trinajstić information content (AvgIpc) is 3.16. The van der Waals surface area contributed by atoms with Crippen LogP contribution in [0.2, 0.25) is 0 Å². The molecule has 3 heterocycles. The zero-order valence-electron chi connectivity index (χ0n) is 14.6. The molecule has 0 amide bonds. The van der Waals surface area contributed by atoms with E-state index < -0.39 is 0 Å². The third kappa shape index (κ3) is 3.71. The summed E-state index contributed by atoms with van der Waals surface area (Å²) in [5.41, 5.74) is 1.07. The first-order valence-corrected chi connectivity index (χ1v) is 8.01. The van der Waals surface area contributed by atoms with Gasteiger partial charge in [0, 0.05) is 18.9 Å². The number of nitrogens with zero attached hydrogens (tertiary/aromatic N) is 5. The van der Waals surface area contributed by atoms with Crippen LogP contribution in [0.5, 0.6) is 0 Å². The van der Waals surface area contributed by atoms with Crippen LogP contribution >= 0.6 is 0 Å². The number of hydrogen-bond acceptors (Lipinski definition) is 5. The molecule has 0 aliphatic carbocycles. The highest BCUT2D eigenvalue weighted by atomic mass is 16.3. The molecular formula is C18H23N5O. The third-order valence-electron chi connectivity index (χ3n) is 3.66. The lowest BCUT2D eigenvalue weighted by Gasteiger charge is -2.23. The molecule has 0 atom stereocenters. The Bertz CT molecular complexity index is 772. The highest BCUT2D eigenvalue weighted by Gasteiger charge is 2.23. The first-order chi connectivity index (χ1) is 11.4. The molecule has 0 spiro atoms. The minimum atomic E-state index is -0.148. The molecule has 0 aromatic carbocycles. The monoisotopic (exact) mass is 325 g/mol. The Morgan fingerprint density at radius 1 is 1.12 bits per heavy atom. The lowest BCUT2D eigenvalue weighted by molar-refractivity contribution is 0.274. The minimum absolute atomic E-state index is 0.148. The normalized spacial score (nSPS) is 12.0. The second-order valence-electron chi connectivity index (χ2n) is 6.94. The molecule has 0 unspecified atom stereocenters. The van der Waals surface area contributed by atoms with Crippen LogP contribution in [0.3, 0.4) is 0 Å². The van der Waals surface area contributed by atoms with Gasteiger partial charge in [0.05, 0.1) is 18.3 Å². The Morgan fingerprint density at radius 3 is 2.50 bits per heavy atom. The number of rotatable bonds is 5. The van der Waals surface area contributed by atoms with Crippen LogP contribution in [0.15, 0.2) is 47.3 Å². The van der Waals surface area contributed by atoms with E-state index in [1.165, 1.54) is 5.56 Å². The van der Waals surface area contributed by atoms with Gasteiger partial charge in [0.25, 0.3) is 0 Å². The summed E-state index contributed by atoms with van der Waals surface area (Å²) in [4.78, 5) is 11.0. The third-order valence-corrected chi connectivity index (χ3v) is 3.66. The van der Waals surface area contributed by atoms with E-state index in [1.54, 1.807) is 6.26 Å². The van der Waals surface area contributed by atoms with Crippen molar-refractivity contribution in [1.82, 2.24) is 24.6 Å². The molecule has 24 heavy (non-hydrogen) atoms. The summed E-state index contributed by atoms with van der Waals surface area (Å²) < 4.78 is 7.42. The number of aromatic nitrogens is 4. The van der Waals surface area contributed by atoms with Crippen molar-refractivity contribution in [3.63, 3.8) is 0 Å². The maximum atomic E-state index is 5.44. The van der Waals surface area contributed by atoms with Crippen LogP contribution in [0.25, 0.3) is 11.6 Å². The van der Waals surface area contributed by atoms with Gasteiger partial charge in [-0.05, 0) is 57.6 Å². The standard InChI is InChI=1S/C18H23N5O/c1-18(2,3)23-16(20-17(21-23)15-6-5-11-24-15)13-22(4)12-14-7-9-19-10-8-14/h5-11H,12-13H2,1-4H3. The molecule has 0 bridgehead atoms. The number of hydrogen-bond donors (Lipinski definition) is 0. The van der Waals surface area contributed by atoms with Crippen LogP contribution in [-0.4, -0.2) is 31.7 Å². The van der Waals surface area contributed by atoms with Crippen molar-refractivity contribution in [2.24, 2.45) is 0 Å². The van der Waals surface area contributed by atoms with Crippen molar-refractivity contribution in [1.29, 1.82) is 0 Å². The van der Waals surface area contributed by atoms with Crippen molar-refractivity contribution >= 4 is 0 Å². The van der Waals surface area contributed by atoms with Gasteiger partial charge in [-0.25, -0.2) is 9.67 Å². The van der Waals surface area contributed by atoms with Gasteiger partial charge < -0.3 is 4.42 Å². The molecule has 3 aromatic heterocycles. The fourth-order valence-corrected chi connectivity index (χ4v) is 2.59. The van der Waals surface area contributed by atoms with Gasteiger partial charge in [-0.1, -0.05) is 0 Å². The fraction of sp³-hybridized carbons (Fsp3) is 0.389. The van der Waals surface area contributed by atoms with Crippen LogP contribution in [0.4, 0.5) is 0 Å². The van der Waals surface area contributed by atoms with E-state index in [-0.39, 0.29) is 5.54 Å². The lowest BCUT2D eigenvalue weighted by atomic mass is 10.1. The minimum Gasteiger partial charge on any atom is -0.461 e. The molecule has 0 N–H and O–H groups in total. The fourth-order valence-electron chi connectivity index (χ4n) is 2.59. The molecule has 3 aromatic rings. The van der Waals surface area contributed by atoms with E-state index in [2.05, 4.69) is 42.8 Å². The maximum Gasteiger partial charge on any atom is 0.217 e. The summed E-state index contributed by atoms with van der Waals surface area (Å²) in [5.74, 6) is 2.24. The molecule has 126 valence electrons. The Kier molecular flexibility index (Phi) is 4.49. The maximum absolute atomic E-state index is 5.44. The van der Waals surface area contributed by atoms with E-state index in [0.29, 0.717) is 18.1 Å². The Hall–Kier alpha value is -2.47. The van der Waals surface area contributed by atoms with Crippen LogP contribution in [0, 0.1) is 0 Å². The zero-order valence-corrected chi connectivity index (χ0v) is 14.6. The molecule has 0 saturated carbocycles. The van der Waals surface area contributed by atoms with Crippen molar-refractivity contribution < 1.29 is 4.42 Å². The Labute approximate surface area is 142 Å². The van der Waals surface area contributed by atoms with Gasteiger partial charge in [-0.3, -0.25) is 9.88 Å². The topological polar surface area (TPSA) is 60.0 Å². The Balaban J connectivity index is 1.83. The average molecular weight is 325 g/mol. The summed E-state index contributed by atoms with van der Waals surface area (Å²) in [6, 6.07) is 7.79. The van der Waals surface area contributed by atoms with Gasteiger partial charge in [-0.2, -0.15) is 0 Å². The van der Waals surface area contributed by atoms with Gasteiger partial charge in [-0.15, -0.1) is 5.10 Å². The first-order valence-electron chi connectivity index (χ1n) is 8.01. The van der Waals surface area contributed by atoms with Crippen molar-refractivity contribution in [2.45, 2.75) is 39.4 Å². The van der Waals surface area contributed by atoms with E-state index >= 15 is 0 Å². The number of pyridine rings is 1. The molecule has 3 rings (SSSR count). The summed E-state index contributed by atoms with van der Waals surface area (Å²) in [6.45, 7) is 7.91. The van der Waals surface area contributed by atoms with E-state index in [4.69, 9.17) is 9.40 Å². The molecule has 0 aliphatic rings. The van der Waals surface area contributed by atoms with Crippen molar-refractivity contribution in [2.75, 3.05) is 7.05 Å². The molecule has 0 fully saturated rings. The molecule has 6 nitrogen and oxygen atoms in total. The largest absolute Gasteiger partial charge is 0.461 e. The zero-order chi connectivity index (χ0) is 17.2. The summed E-state index contributed by atoms with van der Waals surface area (Å²) in [6.07, 6.45) is 5.27. The SMILES string of the molecule is CN(Cc1ccncc1)Cc1nc(-c2ccco2)nn1C(C)(C)C. The molecule has 0 aliphatic heterocycles. The van der Waals surface area contributed by atoms with Gasteiger partial charge >= 0.3 is 0 Å². The lowest BCUT2D eigenvalue weighted by Crippen LogP contribution is -2.28.